The average molecular weight is 314 g/mol. The summed E-state index contributed by atoms with van der Waals surface area (Å²) in [6.07, 6.45) is 4.08. The predicted molar refractivity (Wildman–Crippen MR) is 75.8 cm³/mol. The lowest BCUT2D eigenvalue weighted by atomic mass is 10.0. The Labute approximate surface area is 117 Å². The first-order valence-electron chi connectivity index (χ1n) is 6.49. The topological polar surface area (TPSA) is 47.0 Å². The molecule has 1 unspecified atom stereocenters. The Morgan fingerprint density at radius 2 is 2.22 bits per heavy atom. The molecule has 0 bridgehead atoms. The molecule has 1 fully saturated rings. The number of nitrogens with zero attached hydrogens (tertiary/aromatic N) is 2. The van der Waals surface area contributed by atoms with Crippen LogP contribution in [0.25, 0.3) is 0 Å². The zero-order valence-corrected chi connectivity index (χ0v) is 12.8. The van der Waals surface area contributed by atoms with Crippen molar-refractivity contribution >= 4 is 21.7 Å². The van der Waals surface area contributed by atoms with E-state index in [0.717, 1.165) is 54.1 Å². The van der Waals surface area contributed by atoms with Gasteiger partial charge >= 0.3 is 0 Å². The Bertz CT molecular complexity index is 430. The Kier molecular flexibility index (Phi) is 4.22. The zero-order chi connectivity index (χ0) is 13.2. The van der Waals surface area contributed by atoms with Gasteiger partial charge in [0.2, 0.25) is 0 Å². The van der Waals surface area contributed by atoms with Crippen LogP contribution in [0.1, 0.15) is 44.6 Å². The molecule has 2 rings (SSSR count). The molecule has 4 nitrogen and oxygen atoms in total. The SMILES string of the molecule is CCCc1nc(C2(C)CCCO2)nc(NC)c1Br. The molecule has 0 radical (unpaired) electrons. The third-order valence-electron chi connectivity index (χ3n) is 3.34. The van der Waals surface area contributed by atoms with Crippen molar-refractivity contribution in [1.29, 1.82) is 0 Å². The summed E-state index contributed by atoms with van der Waals surface area (Å²) in [5, 5.41) is 3.12. The minimum Gasteiger partial charge on any atom is -0.372 e. The molecular formula is C13H20BrN3O. The van der Waals surface area contributed by atoms with Crippen LogP contribution in [0.5, 0.6) is 0 Å². The van der Waals surface area contributed by atoms with Crippen LogP contribution < -0.4 is 5.32 Å². The number of rotatable bonds is 4. The maximum atomic E-state index is 5.83. The Balaban J connectivity index is 2.44. The number of aryl methyl sites for hydroxylation is 1. The van der Waals surface area contributed by atoms with Gasteiger partial charge in [0, 0.05) is 13.7 Å². The molecule has 1 N–H and O–H groups in total. The van der Waals surface area contributed by atoms with Crippen molar-refractivity contribution in [2.24, 2.45) is 0 Å². The van der Waals surface area contributed by atoms with Gasteiger partial charge in [-0.25, -0.2) is 9.97 Å². The van der Waals surface area contributed by atoms with E-state index in [0.29, 0.717) is 0 Å². The Morgan fingerprint density at radius 1 is 1.44 bits per heavy atom. The van der Waals surface area contributed by atoms with Crippen LogP contribution in [0.2, 0.25) is 0 Å². The summed E-state index contributed by atoms with van der Waals surface area (Å²) in [6.45, 7) is 5.04. The Morgan fingerprint density at radius 3 is 2.78 bits per heavy atom. The normalized spacial score (nSPS) is 23.3. The second kappa shape index (κ2) is 5.53. The minimum absolute atomic E-state index is 0.325. The lowest BCUT2D eigenvalue weighted by Gasteiger charge is -2.23. The highest BCUT2D eigenvalue weighted by Gasteiger charge is 2.35. The lowest BCUT2D eigenvalue weighted by molar-refractivity contribution is 0.00923. The summed E-state index contributed by atoms with van der Waals surface area (Å²) in [4.78, 5) is 9.29. The molecule has 1 aromatic rings. The van der Waals surface area contributed by atoms with E-state index in [1.807, 2.05) is 7.05 Å². The highest BCUT2D eigenvalue weighted by molar-refractivity contribution is 9.10. The maximum absolute atomic E-state index is 5.83. The van der Waals surface area contributed by atoms with Crippen LogP contribution in [0.15, 0.2) is 4.47 Å². The van der Waals surface area contributed by atoms with E-state index in [-0.39, 0.29) is 5.60 Å². The number of ether oxygens (including phenoxy) is 1. The van der Waals surface area contributed by atoms with Gasteiger partial charge in [0.05, 0.1) is 10.2 Å². The molecule has 5 heteroatoms. The highest BCUT2D eigenvalue weighted by atomic mass is 79.9. The standard InChI is InChI=1S/C13H20BrN3O/c1-4-6-9-10(14)11(15-3)17-12(16-9)13(2)7-5-8-18-13/h4-8H2,1-3H3,(H,15,16,17). The quantitative estimate of drug-likeness (QED) is 0.926. The second-order valence-electron chi connectivity index (χ2n) is 4.84. The molecule has 0 saturated carbocycles. The first-order chi connectivity index (χ1) is 8.60. The monoisotopic (exact) mass is 313 g/mol. The molecule has 18 heavy (non-hydrogen) atoms. The fourth-order valence-corrected chi connectivity index (χ4v) is 2.83. The van der Waals surface area contributed by atoms with E-state index in [1.54, 1.807) is 0 Å². The molecule has 0 spiro atoms. The molecule has 0 amide bonds. The van der Waals surface area contributed by atoms with E-state index in [9.17, 15) is 0 Å². The van der Waals surface area contributed by atoms with Crippen LogP contribution in [0, 0.1) is 0 Å². The summed E-state index contributed by atoms with van der Waals surface area (Å²) < 4.78 is 6.80. The fourth-order valence-electron chi connectivity index (χ4n) is 2.25. The molecule has 1 aromatic heterocycles. The first-order valence-corrected chi connectivity index (χ1v) is 7.28. The molecule has 1 atom stereocenters. The van der Waals surface area contributed by atoms with Crippen molar-refractivity contribution in [3.05, 3.63) is 16.0 Å². The van der Waals surface area contributed by atoms with Crippen molar-refractivity contribution in [3.63, 3.8) is 0 Å². The minimum atomic E-state index is -0.325. The number of hydrogen-bond acceptors (Lipinski definition) is 4. The molecule has 100 valence electrons. The largest absolute Gasteiger partial charge is 0.372 e. The molecule has 0 aliphatic carbocycles. The van der Waals surface area contributed by atoms with E-state index in [4.69, 9.17) is 9.72 Å². The van der Waals surface area contributed by atoms with Crippen molar-refractivity contribution in [2.75, 3.05) is 19.0 Å². The summed E-state index contributed by atoms with van der Waals surface area (Å²) in [6, 6.07) is 0. The highest BCUT2D eigenvalue weighted by Crippen LogP contribution is 2.36. The van der Waals surface area contributed by atoms with Gasteiger partial charge in [0.1, 0.15) is 11.4 Å². The van der Waals surface area contributed by atoms with Gasteiger partial charge in [-0.3, -0.25) is 0 Å². The average Bonchev–Trinajstić information content (AvgIpc) is 2.80. The van der Waals surface area contributed by atoms with Crippen LogP contribution >= 0.6 is 15.9 Å². The van der Waals surface area contributed by atoms with Gasteiger partial charge in [0.25, 0.3) is 0 Å². The molecule has 1 aliphatic rings. The van der Waals surface area contributed by atoms with E-state index < -0.39 is 0 Å². The van der Waals surface area contributed by atoms with Crippen LogP contribution in [0.4, 0.5) is 5.82 Å². The zero-order valence-electron chi connectivity index (χ0n) is 11.2. The molecular weight excluding hydrogens is 294 g/mol. The van der Waals surface area contributed by atoms with E-state index in [2.05, 4.69) is 40.1 Å². The number of anilines is 1. The van der Waals surface area contributed by atoms with E-state index in [1.165, 1.54) is 0 Å². The third kappa shape index (κ3) is 2.52. The van der Waals surface area contributed by atoms with Crippen LogP contribution in [-0.2, 0) is 16.8 Å². The third-order valence-corrected chi connectivity index (χ3v) is 4.17. The van der Waals surface area contributed by atoms with Gasteiger partial charge in [-0.15, -0.1) is 0 Å². The number of nitrogens with one attached hydrogen (secondary N) is 1. The van der Waals surface area contributed by atoms with Crippen molar-refractivity contribution in [2.45, 2.75) is 45.1 Å². The molecule has 1 aliphatic heterocycles. The molecule has 2 heterocycles. The number of halogens is 1. The fraction of sp³-hybridized carbons (Fsp3) is 0.692. The number of hydrogen-bond donors (Lipinski definition) is 1. The predicted octanol–water partition coefficient (Wildman–Crippen LogP) is 3.26. The second-order valence-corrected chi connectivity index (χ2v) is 5.63. The first kappa shape index (κ1) is 13.7. The van der Waals surface area contributed by atoms with E-state index >= 15 is 0 Å². The van der Waals surface area contributed by atoms with Crippen molar-refractivity contribution < 1.29 is 4.74 Å². The summed E-state index contributed by atoms with van der Waals surface area (Å²) in [5.41, 5.74) is 0.734. The summed E-state index contributed by atoms with van der Waals surface area (Å²) >= 11 is 3.57. The summed E-state index contributed by atoms with van der Waals surface area (Å²) in [7, 11) is 1.88. The van der Waals surface area contributed by atoms with Gasteiger partial charge in [-0.1, -0.05) is 13.3 Å². The van der Waals surface area contributed by atoms with Crippen LogP contribution in [-0.4, -0.2) is 23.6 Å². The number of aromatic nitrogens is 2. The summed E-state index contributed by atoms with van der Waals surface area (Å²) in [5.74, 6) is 1.65. The maximum Gasteiger partial charge on any atom is 0.162 e. The molecule has 0 aromatic carbocycles. The van der Waals surface area contributed by atoms with Gasteiger partial charge in [-0.05, 0) is 42.1 Å². The van der Waals surface area contributed by atoms with Crippen molar-refractivity contribution in [3.8, 4) is 0 Å². The van der Waals surface area contributed by atoms with Crippen molar-refractivity contribution in [1.82, 2.24) is 9.97 Å². The Hall–Kier alpha value is -0.680. The smallest absolute Gasteiger partial charge is 0.162 e. The van der Waals surface area contributed by atoms with Gasteiger partial charge in [-0.2, -0.15) is 0 Å². The van der Waals surface area contributed by atoms with Crippen LogP contribution in [0.3, 0.4) is 0 Å². The van der Waals surface area contributed by atoms with Gasteiger partial charge < -0.3 is 10.1 Å². The van der Waals surface area contributed by atoms with Gasteiger partial charge in [0.15, 0.2) is 5.82 Å². The molecule has 1 saturated heterocycles. The lowest BCUT2D eigenvalue weighted by Crippen LogP contribution is -2.25.